The molecular formula is C13H27NO. The zero-order chi connectivity index (χ0) is 11.5. The largest absolute Gasteiger partial charge is 0.396 e. The molecule has 0 bridgehead atoms. The van der Waals surface area contributed by atoms with Gasteiger partial charge in [-0.15, -0.1) is 0 Å². The van der Waals surface area contributed by atoms with Crippen molar-refractivity contribution >= 4 is 0 Å². The number of aliphatic hydroxyl groups is 1. The van der Waals surface area contributed by atoms with Crippen LogP contribution in [-0.4, -0.2) is 36.2 Å². The zero-order valence-corrected chi connectivity index (χ0v) is 10.8. The summed E-state index contributed by atoms with van der Waals surface area (Å²) in [7, 11) is 0. The molecule has 1 atom stereocenters. The summed E-state index contributed by atoms with van der Waals surface area (Å²) < 4.78 is 0. The molecule has 0 radical (unpaired) electrons. The van der Waals surface area contributed by atoms with E-state index in [1.54, 1.807) is 0 Å². The standard InChI is InChI=1S/C13H27NO/c1-5-6-13(4,11-15)10-14-8-7-12(2,3)9-14/h15H,5-11H2,1-4H3. The predicted octanol–water partition coefficient (Wildman–Crippen LogP) is 2.52. The van der Waals surface area contributed by atoms with Gasteiger partial charge in [0.25, 0.3) is 0 Å². The summed E-state index contributed by atoms with van der Waals surface area (Å²) in [6.45, 7) is 12.8. The quantitative estimate of drug-likeness (QED) is 0.758. The second-order valence-electron chi connectivity index (χ2n) is 6.34. The molecule has 1 N–H and O–H groups in total. The fraction of sp³-hybridized carbons (Fsp3) is 1.00. The van der Waals surface area contributed by atoms with Crippen molar-refractivity contribution < 1.29 is 5.11 Å². The minimum atomic E-state index is 0.106. The lowest BCUT2D eigenvalue weighted by atomic mass is 9.86. The molecular weight excluding hydrogens is 186 g/mol. The predicted molar refractivity (Wildman–Crippen MR) is 64.9 cm³/mol. The van der Waals surface area contributed by atoms with Crippen LogP contribution in [0.15, 0.2) is 0 Å². The molecule has 0 spiro atoms. The maximum atomic E-state index is 9.48. The van der Waals surface area contributed by atoms with Gasteiger partial charge in [-0.2, -0.15) is 0 Å². The van der Waals surface area contributed by atoms with Gasteiger partial charge in [0.2, 0.25) is 0 Å². The maximum absolute atomic E-state index is 9.48. The Balaban J connectivity index is 2.46. The average molecular weight is 213 g/mol. The molecule has 1 unspecified atom stereocenters. The Morgan fingerprint density at radius 3 is 2.47 bits per heavy atom. The Morgan fingerprint density at radius 1 is 1.40 bits per heavy atom. The number of aliphatic hydroxyl groups excluding tert-OH is 1. The Labute approximate surface area is 94.7 Å². The Hall–Kier alpha value is -0.0800. The number of nitrogens with zero attached hydrogens (tertiary/aromatic N) is 1. The van der Waals surface area contributed by atoms with E-state index in [4.69, 9.17) is 0 Å². The topological polar surface area (TPSA) is 23.5 Å². The monoisotopic (exact) mass is 213 g/mol. The van der Waals surface area contributed by atoms with Crippen molar-refractivity contribution in [3.63, 3.8) is 0 Å². The van der Waals surface area contributed by atoms with E-state index in [0.717, 1.165) is 19.4 Å². The van der Waals surface area contributed by atoms with Crippen molar-refractivity contribution in [2.75, 3.05) is 26.2 Å². The van der Waals surface area contributed by atoms with Crippen LogP contribution in [0.2, 0.25) is 0 Å². The summed E-state index contributed by atoms with van der Waals surface area (Å²) in [5.41, 5.74) is 0.581. The summed E-state index contributed by atoms with van der Waals surface area (Å²) in [5.74, 6) is 0. The molecule has 90 valence electrons. The first-order valence-corrected chi connectivity index (χ1v) is 6.24. The van der Waals surface area contributed by atoms with Crippen LogP contribution in [0, 0.1) is 10.8 Å². The highest BCUT2D eigenvalue weighted by Gasteiger charge is 2.33. The third-order valence-electron chi connectivity index (χ3n) is 3.60. The van der Waals surface area contributed by atoms with Crippen molar-refractivity contribution in [2.24, 2.45) is 10.8 Å². The van der Waals surface area contributed by atoms with Gasteiger partial charge >= 0.3 is 0 Å². The molecule has 15 heavy (non-hydrogen) atoms. The highest BCUT2D eigenvalue weighted by molar-refractivity contribution is 4.86. The van der Waals surface area contributed by atoms with Gasteiger partial charge in [0, 0.05) is 25.1 Å². The van der Waals surface area contributed by atoms with E-state index in [1.807, 2.05) is 0 Å². The molecule has 0 amide bonds. The lowest BCUT2D eigenvalue weighted by molar-refractivity contribution is 0.0859. The van der Waals surface area contributed by atoms with Crippen LogP contribution in [0.25, 0.3) is 0 Å². The number of hydrogen-bond donors (Lipinski definition) is 1. The summed E-state index contributed by atoms with van der Waals surface area (Å²) >= 11 is 0. The first-order chi connectivity index (χ1) is 6.91. The second kappa shape index (κ2) is 4.84. The molecule has 1 heterocycles. The van der Waals surface area contributed by atoms with E-state index >= 15 is 0 Å². The third kappa shape index (κ3) is 3.76. The van der Waals surface area contributed by atoms with E-state index in [-0.39, 0.29) is 5.41 Å². The smallest absolute Gasteiger partial charge is 0.0497 e. The normalized spacial score (nSPS) is 25.4. The summed E-state index contributed by atoms with van der Waals surface area (Å²) in [6.07, 6.45) is 3.58. The fourth-order valence-corrected chi connectivity index (χ4v) is 2.71. The van der Waals surface area contributed by atoms with Crippen molar-refractivity contribution in [3.8, 4) is 0 Å². The van der Waals surface area contributed by atoms with Gasteiger partial charge in [-0.3, -0.25) is 0 Å². The lowest BCUT2D eigenvalue weighted by Crippen LogP contribution is -2.37. The Kier molecular flexibility index (Phi) is 4.19. The molecule has 1 saturated heterocycles. The summed E-state index contributed by atoms with van der Waals surface area (Å²) in [6, 6.07) is 0. The first kappa shape index (κ1) is 13.0. The van der Waals surface area contributed by atoms with Crippen molar-refractivity contribution in [1.29, 1.82) is 0 Å². The molecule has 2 nitrogen and oxygen atoms in total. The molecule has 0 saturated carbocycles. The van der Waals surface area contributed by atoms with Crippen LogP contribution in [0.4, 0.5) is 0 Å². The summed E-state index contributed by atoms with van der Waals surface area (Å²) in [4.78, 5) is 2.52. The van der Waals surface area contributed by atoms with Crippen LogP contribution >= 0.6 is 0 Å². The average Bonchev–Trinajstić information content (AvgIpc) is 2.46. The van der Waals surface area contributed by atoms with Crippen LogP contribution in [-0.2, 0) is 0 Å². The van der Waals surface area contributed by atoms with E-state index in [0.29, 0.717) is 12.0 Å². The van der Waals surface area contributed by atoms with Gasteiger partial charge in [0.05, 0.1) is 0 Å². The number of hydrogen-bond acceptors (Lipinski definition) is 2. The van der Waals surface area contributed by atoms with Crippen molar-refractivity contribution in [2.45, 2.75) is 47.0 Å². The third-order valence-corrected chi connectivity index (χ3v) is 3.60. The molecule has 0 aromatic carbocycles. The van der Waals surface area contributed by atoms with Crippen LogP contribution in [0.1, 0.15) is 47.0 Å². The SMILES string of the molecule is CCCC(C)(CO)CN1CCC(C)(C)C1. The highest BCUT2D eigenvalue weighted by Crippen LogP contribution is 2.32. The van der Waals surface area contributed by atoms with E-state index in [2.05, 4.69) is 32.6 Å². The van der Waals surface area contributed by atoms with Gasteiger partial charge in [0.15, 0.2) is 0 Å². The molecule has 2 heteroatoms. The van der Waals surface area contributed by atoms with Crippen LogP contribution in [0.3, 0.4) is 0 Å². The molecule has 0 aromatic heterocycles. The van der Waals surface area contributed by atoms with Gasteiger partial charge in [-0.05, 0) is 24.8 Å². The first-order valence-electron chi connectivity index (χ1n) is 6.24. The van der Waals surface area contributed by atoms with Crippen molar-refractivity contribution in [1.82, 2.24) is 4.90 Å². The van der Waals surface area contributed by atoms with Crippen LogP contribution in [0.5, 0.6) is 0 Å². The Morgan fingerprint density at radius 2 is 2.07 bits per heavy atom. The maximum Gasteiger partial charge on any atom is 0.0497 e. The molecule has 1 rings (SSSR count). The molecule has 1 aliphatic heterocycles. The van der Waals surface area contributed by atoms with E-state index in [1.165, 1.54) is 19.5 Å². The highest BCUT2D eigenvalue weighted by atomic mass is 16.3. The minimum absolute atomic E-state index is 0.106. The summed E-state index contributed by atoms with van der Waals surface area (Å²) in [5, 5.41) is 9.48. The van der Waals surface area contributed by atoms with Gasteiger partial charge in [-0.25, -0.2) is 0 Å². The van der Waals surface area contributed by atoms with E-state index < -0.39 is 0 Å². The zero-order valence-electron chi connectivity index (χ0n) is 10.8. The molecule has 0 aromatic rings. The minimum Gasteiger partial charge on any atom is -0.396 e. The molecule has 1 aliphatic rings. The van der Waals surface area contributed by atoms with E-state index in [9.17, 15) is 5.11 Å². The molecule has 0 aliphatic carbocycles. The molecule has 1 fully saturated rings. The van der Waals surface area contributed by atoms with Crippen LogP contribution < -0.4 is 0 Å². The lowest BCUT2D eigenvalue weighted by Gasteiger charge is -2.32. The van der Waals surface area contributed by atoms with Crippen molar-refractivity contribution in [3.05, 3.63) is 0 Å². The second-order valence-corrected chi connectivity index (χ2v) is 6.34. The number of rotatable bonds is 5. The Bertz CT molecular complexity index is 203. The van der Waals surface area contributed by atoms with Gasteiger partial charge in [-0.1, -0.05) is 34.1 Å². The van der Waals surface area contributed by atoms with Gasteiger partial charge < -0.3 is 10.0 Å². The fourth-order valence-electron chi connectivity index (χ4n) is 2.71. The number of likely N-dealkylation sites (tertiary alicyclic amines) is 1. The van der Waals surface area contributed by atoms with Gasteiger partial charge in [0.1, 0.15) is 0 Å².